The molecule has 2 aromatic heterocycles. The van der Waals surface area contributed by atoms with Gasteiger partial charge in [0.25, 0.3) is 5.91 Å². The molecule has 4 nitrogen and oxygen atoms in total. The third-order valence-electron chi connectivity index (χ3n) is 3.20. The molecule has 3 aromatic rings. The third-order valence-corrected chi connectivity index (χ3v) is 3.20. The highest BCUT2D eigenvalue weighted by molar-refractivity contribution is 5.94. The van der Waals surface area contributed by atoms with Crippen molar-refractivity contribution in [2.75, 3.05) is 0 Å². The zero-order valence-corrected chi connectivity index (χ0v) is 11.2. The molecule has 0 aliphatic rings. The lowest BCUT2D eigenvalue weighted by Gasteiger charge is -2.04. The predicted octanol–water partition coefficient (Wildman–Crippen LogP) is 2.80. The molecule has 0 bridgehead atoms. The van der Waals surface area contributed by atoms with Crippen molar-refractivity contribution in [3.05, 3.63) is 65.6 Å². The van der Waals surface area contributed by atoms with E-state index < -0.39 is 0 Å². The van der Waals surface area contributed by atoms with E-state index in [0.29, 0.717) is 12.1 Å². The number of carbonyl (C=O) groups is 1. The first-order valence-corrected chi connectivity index (χ1v) is 6.49. The van der Waals surface area contributed by atoms with E-state index in [1.165, 1.54) is 0 Å². The first-order valence-electron chi connectivity index (χ1n) is 6.49. The van der Waals surface area contributed by atoms with Gasteiger partial charge >= 0.3 is 0 Å². The van der Waals surface area contributed by atoms with Gasteiger partial charge in [-0.3, -0.25) is 9.78 Å². The number of carbonyl (C=O) groups excluding carboxylic acids is 1. The summed E-state index contributed by atoms with van der Waals surface area (Å²) >= 11 is 0. The molecule has 1 amide bonds. The fourth-order valence-electron chi connectivity index (χ4n) is 2.19. The molecule has 0 aliphatic heterocycles. The number of aryl methyl sites for hydroxylation is 1. The van der Waals surface area contributed by atoms with Crippen LogP contribution in [0.15, 0.2) is 48.8 Å². The molecule has 0 unspecified atom stereocenters. The number of benzene rings is 1. The number of nitrogens with one attached hydrogen (secondary N) is 2. The van der Waals surface area contributed by atoms with E-state index in [-0.39, 0.29) is 5.91 Å². The standard InChI is InChI=1S/C16H15N3O/c1-11-3-2-4-12(7-11)16(20)18-10-14-8-13-9-17-6-5-15(13)19-14/h2-9,19H,10H2,1H3,(H,18,20). The van der Waals surface area contributed by atoms with Crippen LogP contribution in [0.5, 0.6) is 0 Å². The largest absolute Gasteiger partial charge is 0.357 e. The Morgan fingerprint density at radius 3 is 3.00 bits per heavy atom. The van der Waals surface area contributed by atoms with E-state index in [2.05, 4.69) is 15.3 Å². The van der Waals surface area contributed by atoms with Crippen LogP contribution in [0.1, 0.15) is 21.6 Å². The molecule has 2 heterocycles. The van der Waals surface area contributed by atoms with Gasteiger partial charge in [-0.25, -0.2) is 0 Å². The molecule has 100 valence electrons. The maximum atomic E-state index is 12.0. The molecule has 0 fully saturated rings. The van der Waals surface area contributed by atoms with Gasteiger partial charge in [-0.1, -0.05) is 17.7 Å². The van der Waals surface area contributed by atoms with E-state index in [4.69, 9.17) is 0 Å². The van der Waals surface area contributed by atoms with Crippen LogP contribution in [0.2, 0.25) is 0 Å². The second-order valence-electron chi connectivity index (χ2n) is 4.81. The van der Waals surface area contributed by atoms with Gasteiger partial charge in [-0.15, -0.1) is 0 Å². The minimum absolute atomic E-state index is 0.0644. The van der Waals surface area contributed by atoms with Gasteiger partial charge in [-0.2, -0.15) is 0 Å². The van der Waals surface area contributed by atoms with Gasteiger partial charge in [0.05, 0.1) is 6.54 Å². The number of aromatic amines is 1. The molecule has 0 spiro atoms. The van der Waals surface area contributed by atoms with E-state index in [1.807, 2.05) is 43.3 Å². The number of nitrogens with zero attached hydrogens (tertiary/aromatic N) is 1. The zero-order chi connectivity index (χ0) is 13.9. The van der Waals surface area contributed by atoms with Crippen LogP contribution >= 0.6 is 0 Å². The first-order chi connectivity index (χ1) is 9.72. The van der Waals surface area contributed by atoms with Crippen molar-refractivity contribution in [1.82, 2.24) is 15.3 Å². The number of rotatable bonds is 3. The molecule has 4 heteroatoms. The summed E-state index contributed by atoms with van der Waals surface area (Å²) in [5, 5.41) is 3.96. The summed E-state index contributed by atoms with van der Waals surface area (Å²) in [6.45, 7) is 2.45. The second kappa shape index (κ2) is 5.17. The van der Waals surface area contributed by atoms with Crippen LogP contribution in [-0.2, 0) is 6.54 Å². The van der Waals surface area contributed by atoms with Crippen molar-refractivity contribution in [3.8, 4) is 0 Å². The summed E-state index contributed by atoms with van der Waals surface area (Å²) in [5.74, 6) is -0.0644. The lowest BCUT2D eigenvalue weighted by atomic mass is 10.1. The highest BCUT2D eigenvalue weighted by atomic mass is 16.1. The fourth-order valence-corrected chi connectivity index (χ4v) is 2.19. The van der Waals surface area contributed by atoms with Gasteiger partial charge in [0.15, 0.2) is 0 Å². The van der Waals surface area contributed by atoms with Crippen molar-refractivity contribution in [2.24, 2.45) is 0 Å². The van der Waals surface area contributed by atoms with Gasteiger partial charge in [0, 0.05) is 34.6 Å². The van der Waals surface area contributed by atoms with Crippen LogP contribution in [-0.4, -0.2) is 15.9 Å². The van der Waals surface area contributed by atoms with Crippen molar-refractivity contribution in [3.63, 3.8) is 0 Å². The number of hydrogen-bond donors (Lipinski definition) is 2. The van der Waals surface area contributed by atoms with Crippen LogP contribution in [0, 0.1) is 6.92 Å². The quantitative estimate of drug-likeness (QED) is 0.765. The summed E-state index contributed by atoms with van der Waals surface area (Å²) in [6.07, 6.45) is 3.55. The molecule has 2 N–H and O–H groups in total. The van der Waals surface area contributed by atoms with Gasteiger partial charge in [0.2, 0.25) is 0 Å². The molecule has 20 heavy (non-hydrogen) atoms. The second-order valence-corrected chi connectivity index (χ2v) is 4.81. The lowest BCUT2D eigenvalue weighted by Crippen LogP contribution is -2.22. The molecule has 0 saturated carbocycles. The normalized spacial score (nSPS) is 10.7. The minimum atomic E-state index is -0.0644. The highest BCUT2D eigenvalue weighted by Crippen LogP contribution is 2.13. The van der Waals surface area contributed by atoms with Gasteiger partial charge < -0.3 is 10.3 Å². The number of hydrogen-bond acceptors (Lipinski definition) is 2. The van der Waals surface area contributed by atoms with E-state index >= 15 is 0 Å². The monoisotopic (exact) mass is 265 g/mol. The van der Waals surface area contributed by atoms with E-state index in [9.17, 15) is 4.79 Å². The lowest BCUT2D eigenvalue weighted by molar-refractivity contribution is 0.0950. The third kappa shape index (κ3) is 2.54. The Hall–Kier alpha value is -2.62. The predicted molar refractivity (Wildman–Crippen MR) is 78.4 cm³/mol. The Kier molecular flexibility index (Phi) is 3.21. The Morgan fingerprint density at radius 1 is 1.30 bits per heavy atom. The average Bonchev–Trinajstić information content (AvgIpc) is 2.87. The van der Waals surface area contributed by atoms with Crippen molar-refractivity contribution < 1.29 is 4.79 Å². The number of pyridine rings is 1. The van der Waals surface area contributed by atoms with Crippen LogP contribution in [0.3, 0.4) is 0 Å². The molecule has 0 radical (unpaired) electrons. The van der Waals surface area contributed by atoms with Gasteiger partial charge in [0.1, 0.15) is 0 Å². The summed E-state index contributed by atoms with van der Waals surface area (Å²) in [7, 11) is 0. The van der Waals surface area contributed by atoms with Crippen molar-refractivity contribution in [1.29, 1.82) is 0 Å². The molecule has 1 aromatic carbocycles. The molecular formula is C16H15N3O. The van der Waals surface area contributed by atoms with Crippen molar-refractivity contribution in [2.45, 2.75) is 13.5 Å². The topological polar surface area (TPSA) is 57.8 Å². The minimum Gasteiger partial charge on any atom is -0.357 e. The molecular weight excluding hydrogens is 250 g/mol. The van der Waals surface area contributed by atoms with Crippen LogP contribution in [0.4, 0.5) is 0 Å². The molecule has 3 rings (SSSR count). The Labute approximate surface area is 116 Å². The maximum absolute atomic E-state index is 12.0. The van der Waals surface area contributed by atoms with Crippen LogP contribution < -0.4 is 5.32 Å². The first kappa shape index (κ1) is 12.4. The number of aromatic nitrogens is 2. The summed E-state index contributed by atoms with van der Waals surface area (Å²) in [5.41, 5.74) is 3.76. The molecule has 0 saturated heterocycles. The molecule has 0 atom stereocenters. The smallest absolute Gasteiger partial charge is 0.251 e. The summed E-state index contributed by atoms with van der Waals surface area (Å²) < 4.78 is 0. The molecule has 0 aliphatic carbocycles. The van der Waals surface area contributed by atoms with Crippen LogP contribution in [0.25, 0.3) is 10.9 Å². The average molecular weight is 265 g/mol. The van der Waals surface area contributed by atoms with Crippen molar-refractivity contribution >= 4 is 16.8 Å². The Morgan fingerprint density at radius 2 is 2.20 bits per heavy atom. The Bertz CT molecular complexity index is 728. The fraction of sp³-hybridized carbons (Fsp3) is 0.125. The van der Waals surface area contributed by atoms with E-state index in [0.717, 1.165) is 22.2 Å². The number of H-pyrrole nitrogens is 1. The number of amides is 1. The SMILES string of the molecule is Cc1cccc(C(=O)NCc2cc3cnccc3[nH]2)c1. The summed E-state index contributed by atoms with van der Waals surface area (Å²) in [4.78, 5) is 19.4. The van der Waals surface area contributed by atoms with Gasteiger partial charge in [-0.05, 0) is 31.2 Å². The Balaban J connectivity index is 1.71. The van der Waals surface area contributed by atoms with E-state index in [1.54, 1.807) is 12.4 Å². The summed E-state index contributed by atoms with van der Waals surface area (Å²) in [6, 6.07) is 11.5. The zero-order valence-electron chi connectivity index (χ0n) is 11.2. The maximum Gasteiger partial charge on any atom is 0.251 e. The highest BCUT2D eigenvalue weighted by Gasteiger charge is 2.06. The number of fused-ring (bicyclic) bond motifs is 1.